The van der Waals surface area contributed by atoms with Crippen molar-refractivity contribution in [2.75, 3.05) is 0 Å². The van der Waals surface area contributed by atoms with Crippen LogP contribution >= 0.6 is 22.6 Å². The summed E-state index contributed by atoms with van der Waals surface area (Å²) in [7, 11) is 0. The molecule has 162 valence electrons. The minimum Gasteiger partial charge on any atom is -0.488 e. The predicted octanol–water partition coefficient (Wildman–Crippen LogP) is 6.69. The maximum absolute atomic E-state index is 14.8. The van der Waals surface area contributed by atoms with Gasteiger partial charge in [0.05, 0.1) is 20.3 Å². The number of furan rings is 1. The van der Waals surface area contributed by atoms with Crippen molar-refractivity contribution in [2.45, 2.75) is 6.61 Å². The minimum atomic E-state index is -0.488. The zero-order chi connectivity index (χ0) is 22.8. The van der Waals surface area contributed by atoms with E-state index in [9.17, 15) is 9.18 Å². The summed E-state index contributed by atoms with van der Waals surface area (Å²) in [5, 5.41) is 0.673. The number of nitrogens with zero attached hydrogens (tertiary/aromatic N) is 2. The molecule has 0 aliphatic carbocycles. The van der Waals surface area contributed by atoms with Gasteiger partial charge in [0, 0.05) is 17.0 Å². The van der Waals surface area contributed by atoms with Crippen LogP contribution in [0.25, 0.3) is 33.5 Å². The van der Waals surface area contributed by atoms with Gasteiger partial charge in [0.2, 0.25) is 0 Å². The summed E-state index contributed by atoms with van der Waals surface area (Å²) < 4.78 is 27.1. The van der Waals surface area contributed by atoms with E-state index < -0.39 is 5.82 Å². The topological polar surface area (TPSA) is 65.2 Å². The number of carbonyl (C=O) groups excluding carboxylic acids is 1. The number of aldehydes is 1. The van der Waals surface area contributed by atoms with Gasteiger partial charge in [-0.2, -0.15) is 0 Å². The number of rotatable bonds is 6. The Labute approximate surface area is 202 Å². The average molecular weight is 550 g/mol. The first-order chi connectivity index (χ1) is 16.1. The Morgan fingerprint density at radius 2 is 1.85 bits per heavy atom. The fraction of sp³-hybridized carbons (Fsp3) is 0.0385. The molecule has 0 aliphatic rings. The molecule has 0 amide bonds. The third kappa shape index (κ3) is 4.36. The average Bonchev–Trinajstić information content (AvgIpc) is 3.32. The first kappa shape index (κ1) is 21.3. The SMILES string of the molecule is O=Cc1ccc(-c2cc3c(-c4ccc(OCc5ccccc5)c(I)c4)ncnc3cc2F)o1. The van der Waals surface area contributed by atoms with Gasteiger partial charge in [-0.05, 0) is 64.6 Å². The van der Waals surface area contributed by atoms with E-state index in [2.05, 4.69) is 32.6 Å². The molecule has 0 aliphatic heterocycles. The minimum absolute atomic E-state index is 0.134. The number of halogens is 2. The normalized spacial score (nSPS) is 11.0. The van der Waals surface area contributed by atoms with Crippen molar-refractivity contribution in [1.82, 2.24) is 9.97 Å². The summed E-state index contributed by atoms with van der Waals surface area (Å²) in [5.41, 5.74) is 3.32. The Balaban J connectivity index is 1.52. The summed E-state index contributed by atoms with van der Waals surface area (Å²) in [6, 6.07) is 21.8. The smallest absolute Gasteiger partial charge is 0.185 e. The number of hydrogen-bond donors (Lipinski definition) is 0. The third-order valence-electron chi connectivity index (χ3n) is 5.18. The van der Waals surface area contributed by atoms with E-state index in [0.717, 1.165) is 20.4 Å². The van der Waals surface area contributed by atoms with Gasteiger partial charge in [0.1, 0.15) is 30.3 Å². The van der Waals surface area contributed by atoms with Crippen molar-refractivity contribution in [3.8, 4) is 28.3 Å². The van der Waals surface area contributed by atoms with Gasteiger partial charge in [-0.15, -0.1) is 0 Å². The van der Waals surface area contributed by atoms with E-state index >= 15 is 0 Å². The second-order valence-electron chi connectivity index (χ2n) is 7.31. The van der Waals surface area contributed by atoms with Crippen LogP contribution in [0.2, 0.25) is 0 Å². The molecule has 5 rings (SSSR count). The summed E-state index contributed by atoms with van der Waals surface area (Å²) in [6.07, 6.45) is 2.00. The summed E-state index contributed by atoms with van der Waals surface area (Å²) in [5.74, 6) is 0.684. The van der Waals surface area contributed by atoms with Crippen LogP contribution in [0.15, 0.2) is 83.5 Å². The summed E-state index contributed by atoms with van der Waals surface area (Å²) in [6.45, 7) is 0.473. The molecule has 7 heteroatoms. The maximum Gasteiger partial charge on any atom is 0.185 e. The highest BCUT2D eigenvalue weighted by molar-refractivity contribution is 14.1. The molecule has 0 N–H and O–H groups in total. The number of fused-ring (bicyclic) bond motifs is 1. The standard InChI is InChI=1S/C26H16FIN2O3/c27-21-12-23-20(11-19(21)24-9-7-18(13-31)33-24)26(30-15-29-23)17-6-8-25(22(28)10-17)32-14-16-4-2-1-3-5-16/h1-13,15H,14H2. The van der Waals surface area contributed by atoms with Crippen molar-refractivity contribution < 1.29 is 18.3 Å². The van der Waals surface area contributed by atoms with Crippen molar-refractivity contribution >= 4 is 39.8 Å². The predicted molar refractivity (Wildman–Crippen MR) is 132 cm³/mol. The lowest BCUT2D eigenvalue weighted by Crippen LogP contribution is -1.97. The first-order valence-electron chi connectivity index (χ1n) is 10.1. The maximum atomic E-state index is 14.8. The quantitative estimate of drug-likeness (QED) is 0.174. The molecule has 2 aromatic heterocycles. The third-order valence-corrected chi connectivity index (χ3v) is 6.02. The van der Waals surface area contributed by atoms with Crippen LogP contribution in [0.1, 0.15) is 16.1 Å². The second-order valence-corrected chi connectivity index (χ2v) is 8.47. The van der Waals surface area contributed by atoms with E-state index in [1.165, 1.54) is 18.5 Å². The molecular formula is C26H16FIN2O3. The number of ether oxygens (including phenoxy) is 1. The Hall–Kier alpha value is -3.59. The van der Waals surface area contributed by atoms with Gasteiger partial charge < -0.3 is 9.15 Å². The number of hydrogen-bond acceptors (Lipinski definition) is 5. The molecule has 0 fully saturated rings. The van der Waals surface area contributed by atoms with Gasteiger partial charge in [-0.3, -0.25) is 4.79 Å². The molecule has 5 aromatic rings. The highest BCUT2D eigenvalue weighted by Crippen LogP contribution is 2.34. The van der Waals surface area contributed by atoms with Gasteiger partial charge in [-0.1, -0.05) is 30.3 Å². The fourth-order valence-electron chi connectivity index (χ4n) is 3.56. The van der Waals surface area contributed by atoms with Gasteiger partial charge in [0.15, 0.2) is 12.0 Å². The summed E-state index contributed by atoms with van der Waals surface area (Å²) >= 11 is 2.23. The van der Waals surface area contributed by atoms with E-state index in [1.807, 2.05) is 48.5 Å². The van der Waals surface area contributed by atoms with Crippen molar-refractivity contribution in [1.29, 1.82) is 0 Å². The first-order valence-corrected chi connectivity index (χ1v) is 11.2. The van der Waals surface area contributed by atoms with Crippen LogP contribution in [0.4, 0.5) is 4.39 Å². The van der Waals surface area contributed by atoms with E-state index in [0.29, 0.717) is 29.5 Å². The lowest BCUT2D eigenvalue weighted by atomic mass is 10.0. The molecule has 2 heterocycles. The molecule has 0 spiro atoms. The van der Waals surface area contributed by atoms with Crippen molar-refractivity contribution in [3.05, 3.63) is 99.8 Å². The van der Waals surface area contributed by atoms with Gasteiger partial charge in [0.25, 0.3) is 0 Å². The highest BCUT2D eigenvalue weighted by atomic mass is 127. The van der Waals surface area contributed by atoms with E-state index in [-0.39, 0.29) is 17.1 Å². The van der Waals surface area contributed by atoms with Crippen LogP contribution < -0.4 is 4.74 Å². The van der Waals surface area contributed by atoms with Crippen LogP contribution in [0.3, 0.4) is 0 Å². The van der Waals surface area contributed by atoms with Crippen molar-refractivity contribution in [2.24, 2.45) is 0 Å². The lowest BCUT2D eigenvalue weighted by molar-refractivity contribution is 0.110. The molecule has 5 nitrogen and oxygen atoms in total. The monoisotopic (exact) mass is 550 g/mol. The molecule has 0 bridgehead atoms. The van der Waals surface area contributed by atoms with E-state index in [1.54, 1.807) is 12.1 Å². The molecular weight excluding hydrogens is 534 g/mol. The van der Waals surface area contributed by atoms with E-state index in [4.69, 9.17) is 9.15 Å². The number of carbonyl (C=O) groups is 1. The Bertz CT molecular complexity index is 1470. The Morgan fingerprint density at radius 3 is 2.61 bits per heavy atom. The lowest BCUT2D eigenvalue weighted by Gasteiger charge is -2.11. The largest absolute Gasteiger partial charge is 0.488 e. The van der Waals surface area contributed by atoms with Crippen LogP contribution in [-0.2, 0) is 6.61 Å². The second kappa shape index (κ2) is 9.11. The molecule has 0 radical (unpaired) electrons. The zero-order valence-corrected chi connectivity index (χ0v) is 19.3. The van der Waals surface area contributed by atoms with Gasteiger partial charge in [-0.25, -0.2) is 14.4 Å². The molecule has 0 atom stereocenters. The number of aromatic nitrogens is 2. The Kier molecular flexibility index (Phi) is 5.87. The Morgan fingerprint density at radius 1 is 1.00 bits per heavy atom. The highest BCUT2D eigenvalue weighted by Gasteiger charge is 2.16. The summed E-state index contributed by atoms with van der Waals surface area (Å²) in [4.78, 5) is 19.6. The molecule has 3 aromatic carbocycles. The van der Waals surface area contributed by atoms with Crippen molar-refractivity contribution in [3.63, 3.8) is 0 Å². The van der Waals surface area contributed by atoms with Crippen LogP contribution in [0, 0.1) is 9.39 Å². The molecule has 0 saturated heterocycles. The molecule has 0 unspecified atom stereocenters. The molecule has 33 heavy (non-hydrogen) atoms. The van der Waals surface area contributed by atoms with Gasteiger partial charge >= 0.3 is 0 Å². The number of benzene rings is 3. The zero-order valence-electron chi connectivity index (χ0n) is 17.2. The molecule has 0 saturated carbocycles. The fourth-order valence-corrected chi connectivity index (χ4v) is 4.23. The van der Waals surface area contributed by atoms with Crippen LogP contribution in [0.5, 0.6) is 5.75 Å². The van der Waals surface area contributed by atoms with Crippen LogP contribution in [-0.4, -0.2) is 16.3 Å².